The zero-order valence-electron chi connectivity index (χ0n) is 14.7. The van der Waals surface area contributed by atoms with Gasteiger partial charge in [-0.1, -0.05) is 42.5 Å². The minimum absolute atomic E-state index is 0.151. The predicted octanol–water partition coefficient (Wildman–Crippen LogP) is 2.87. The summed E-state index contributed by atoms with van der Waals surface area (Å²) in [7, 11) is 0. The fourth-order valence-electron chi connectivity index (χ4n) is 3.23. The molecule has 0 bridgehead atoms. The molecule has 1 heterocycles. The van der Waals surface area contributed by atoms with Crippen LogP contribution in [0.2, 0.25) is 0 Å². The summed E-state index contributed by atoms with van der Waals surface area (Å²) in [6.07, 6.45) is 0. The molecule has 1 saturated heterocycles. The van der Waals surface area contributed by atoms with Crippen LogP contribution in [0.15, 0.2) is 48.5 Å². The van der Waals surface area contributed by atoms with E-state index in [1.54, 1.807) is 6.92 Å². The van der Waals surface area contributed by atoms with Crippen LogP contribution in [0.3, 0.4) is 0 Å². The first-order valence-electron chi connectivity index (χ1n) is 8.42. The molecular formula is C20H22N2O3. The van der Waals surface area contributed by atoms with Crippen molar-refractivity contribution in [1.29, 1.82) is 0 Å². The Balaban J connectivity index is 2.04. The van der Waals surface area contributed by atoms with E-state index in [1.807, 2.05) is 62.4 Å². The average Bonchev–Trinajstić information content (AvgIpc) is 2.93. The lowest BCUT2D eigenvalue weighted by Crippen LogP contribution is -2.42. The van der Waals surface area contributed by atoms with Gasteiger partial charge in [-0.25, -0.2) is 10.4 Å². The van der Waals surface area contributed by atoms with Crippen molar-refractivity contribution < 1.29 is 14.3 Å². The van der Waals surface area contributed by atoms with E-state index in [0.29, 0.717) is 0 Å². The molecule has 5 heteroatoms. The molecular weight excluding hydrogens is 316 g/mol. The number of ether oxygens (including phenoxy) is 1. The topological polar surface area (TPSA) is 58.6 Å². The fourth-order valence-corrected chi connectivity index (χ4v) is 3.23. The van der Waals surface area contributed by atoms with Crippen LogP contribution in [-0.2, 0) is 14.3 Å². The number of rotatable bonds is 4. The largest absolute Gasteiger partial charge is 0.465 e. The highest BCUT2D eigenvalue weighted by atomic mass is 16.5. The first-order valence-corrected chi connectivity index (χ1v) is 8.42. The standard InChI is InChI=1S/C20H22N2O3/c1-4-25-20(24)18-17(15-11-7-5-9-13(15)2)19(23)22(21-18)16-12-8-6-10-14(16)3/h5-12,17-18,21H,4H2,1-3H3. The number of aryl methyl sites for hydroxylation is 2. The monoisotopic (exact) mass is 338 g/mol. The van der Waals surface area contributed by atoms with Crippen molar-refractivity contribution in [3.05, 3.63) is 65.2 Å². The molecule has 0 aromatic heterocycles. The number of benzene rings is 2. The molecule has 2 aromatic rings. The Morgan fingerprint density at radius 3 is 2.36 bits per heavy atom. The number of nitrogens with zero attached hydrogens (tertiary/aromatic N) is 1. The van der Waals surface area contributed by atoms with Gasteiger partial charge in [0.1, 0.15) is 6.04 Å². The second-order valence-corrected chi connectivity index (χ2v) is 6.15. The zero-order valence-corrected chi connectivity index (χ0v) is 14.7. The smallest absolute Gasteiger partial charge is 0.326 e. The van der Waals surface area contributed by atoms with Gasteiger partial charge in [-0.15, -0.1) is 0 Å². The van der Waals surface area contributed by atoms with Gasteiger partial charge in [0.25, 0.3) is 5.91 Å². The lowest BCUT2D eigenvalue weighted by Gasteiger charge is -2.19. The quantitative estimate of drug-likeness (QED) is 0.871. The van der Waals surface area contributed by atoms with Crippen molar-refractivity contribution in [2.45, 2.75) is 32.7 Å². The molecule has 1 aliphatic rings. The summed E-state index contributed by atoms with van der Waals surface area (Å²) in [6.45, 7) is 5.92. The first-order chi connectivity index (χ1) is 12.0. The predicted molar refractivity (Wildman–Crippen MR) is 96.1 cm³/mol. The summed E-state index contributed by atoms with van der Waals surface area (Å²) in [5, 5.41) is 1.48. The number of hydrogen-bond acceptors (Lipinski definition) is 4. The Kier molecular flexibility index (Phi) is 4.86. The van der Waals surface area contributed by atoms with E-state index in [0.717, 1.165) is 22.4 Å². The summed E-state index contributed by atoms with van der Waals surface area (Å²) in [5.41, 5.74) is 6.59. The molecule has 5 nitrogen and oxygen atoms in total. The van der Waals surface area contributed by atoms with E-state index < -0.39 is 17.9 Å². The van der Waals surface area contributed by atoms with Crippen LogP contribution < -0.4 is 10.4 Å². The summed E-state index contributed by atoms with van der Waals surface area (Å²) < 4.78 is 5.20. The van der Waals surface area contributed by atoms with Gasteiger partial charge >= 0.3 is 5.97 Å². The van der Waals surface area contributed by atoms with Crippen molar-refractivity contribution in [1.82, 2.24) is 5.43 Å². The molecule has 130 valence electrons. The Bertz CT molecular complexity index is 803. The minimum Gasteiger partial charge on any atom is -0.465 e. The minimum atomic E-state index is -0.742. The second kappa shape index (κ2) is 7.07. The molecule has 2 unspecified atom stereocenters. The maximum atomic E-state index is 13.2. The number of anilines is 1. The Hall–Kier alpha value is -2.66. The molecule has 0 spiro atoms. The lowest BCUT2D eigenvalue weighted by molar-refractivity contribution is -0.146. The van der Waals surface area contributed by atoms with Crippen LogP contribution in [0.5, 0.6) is 0 Å². The van der Waals surface area contributed by atoms with E-state index in [2.05, 4.69) is 5.43 Å². The first kappa shape index (κ1) is 17.2. The van der Waals surface area contributed by atoms with Gasteiger partial charge < -0.3 is 4.74 Å². The Morgan fingerprint density at radius 1 is 1.08 bits per heavy atom. The van der Waals surface area contributed by atoms with Gasteiger partial charge in [0.05, 0.1) is 18.2 Å². The maximum absolute atomic E-state index is 13.2. The van der Waals surface area contributed by atoms with E-state index in [-0.39, 0.29) is 12.5 Å². The average molecular weight is 338 g/mol. The number of hydrogen-bond donors (Lipinski definition) is 1. The van der Waals surface area contributed by atoms with E-state index in [1.165, 1.54) is 5.01 Å². The maximum Gasteiger partial charge on any atom is 0.326 e. The lowest BCUT2D eigenvalue weighted by atomic mass is 9.89. The number of carbonyl (C=O) groups excluding carboxylic acids is 2. The molecule has 3 rings (SSSR count). The summed E-state index contributed by atoms with van der Waals surface area (Å²) >= 11 is 0. The van der Waals surface area contributed by atoms with Crippen molar-refractivity contribution in [3.8, 4) is 0 Å². The molecule has 1 fully saturated rings. The highest BCUT2D eigenvalue weighted by Gasteiger charge is 2.47. The number of hydrazine groups is 1. The molecule has 2 aromatic carbocycles. The van der Waals surface area contributed by atoms with E-state index >= 15 is 0 Å². The normalized spacial score (nSPS) is 20.0. The SMILES string of the molecule is CCOC(=O)C1NN(c2ccccc2C)C(=O)C1c1ccccc1C. The Morgan fingerprint density at radius 2 is 1.72 bits per heavy atom. The molecule has 1 N–H and O–H groups in total. The summed E-state index contributed by atoms with van der Waals surface area (Å²) in [6, 6.07) is 14.5. The molecule has 2 atom stereocenters. The van der Waals surface area contributed by atoms with Gasteiger partial charge in [0, 0.05) is 0 Å². The molecule has 0 aliphatic carbocycles. The van der Waals surface area contributed by atoms with E-state index in [9.17, 15) is 9.59 Å². The van der Waals surface area contributed by atoms with Crippen LogP contribution >= 0.6 is 0 Å². The van der Waals surface area contributed by atoms with Crippen molar-refractivity contribution in [3.63, 3.8) is 0 Å². The van der Waals surface area contributed by atoms with Crippen molar-refractivity contribution in [2.75, 3.05) is 11.6 Å². The second-order valence-electron chi connectivity index (χ2n) is 6.15. The molecule has 1 aliphatic heterocycles. The third-order valence-electron chi connectivity index (χ3n) is 4.51. The van der Waals surface area contributed by atoms with Gasteiger partial charge in [-0.2, -0.15) is 0 Å². The van der Waals surface area contributed by atoms with Gasteiger partial charge in [0.2, 0.25) is 0 Å². The fraction of sp³-hybridized carbons (Fsp3) is 0.300. The number of amides is 1. The number of nitrogens with one attached hydrogen (secondary N) is 1. The van der Waals surface area contributed by atoms with Crippen LogP contribution in [0.1, 0.15) is 29.5 Å². The summed E-state index contributed by atoms with van der Waals surface area (Å²) in [4.78, 5) is 25.7. The number of esters is 1. The molecule has 0 saturated carbocycles. The Labute approximate surface area is 147 Å². The third kappa shape index (κ3) is 3.15. The van der Waals surface area contributed by atoms with Crippen LogP contribution in [0.25, 0.3) is 0 Å². The van der Waals surface area contributed by atoms with E-state index in [4.69, 9.17) is 4.74 Å². The van der Waals surface area contributed by atoms with Crippen LogP contribution in [0.4, 0.5) is 5.69 Å². The molecule has 1 amide bonds. The van der Waals surface area contributed by atoms with Crippen molar-refractivity contribution in [2.24, 2.45) is 0 Å². The highest BCUT2D eigenvalue weighted by Crippen LogP contribution is 2.34. The summed E-state index contributed by atoms with van der Waals surface area (Å²) in [5.74, 6) is -1.18. The third-order valence-corrected chi connectivity index (χ3v) is 4.51. The van der Waals surface area contributed by atoms with Gasteiger partial charge in [0.15, 0.2) is 0 Å². The van der Waals surface area contributed by atoms with Crippen molar-refractivity contribution >= 4 is 17.6 Å². The van der Waals surface area contributed by atoms with Gasteiger partial charge in [-0.3, -0.25) is 9.59 Å². The van der Waals surface area contributed by atoms with Crippen LogP contribution in [-0.4, -0.2) is 24.5 Å². The highest BCUT2D eigenvalue weighted by molar-refractivity contribution is 6.05. The zero-order chi connectivity index (χ0) is 18.0. The number of para-hydroxylation sites is 1. The molecule has 25 heavy (non-hydrogen) atoms. The van der Waals surface area contributed by atoms with Crippen LogP contribution in [0, 0.1) is 13.8 Å². The molecule has 0 radical (unpaired) electrons. The van der Waals surface area contributed by atoms with Gasteiger partial charge in [-0.05, 0) is 43.5 Å². The number of carbonyl (C=O) groups is 2.